The quantitative estimate of drug-likeness (QED) is 0.0643. The number of fused-ring (bicyclic) bond motifs is 5. The summed E-state index contributed by atoms with van der Waals surface area (Å²) >= 11 is 1.28. The van der Waals surface area contributed by atoms with E-state index in [-0.39, 0.29) is 5.91 Å². The Morgan fingerprint density at radius 1 is 0.483 bits per heavy atom. The SMILES string of the molecule is CCCCCCOc1ccc(N2C(=O)[C@@]3(c4ccc(OCCCCCC)cc4)S[C@]2(c2ccc(OCCCCCC)cc2)n2c(=O)n(-c4ccccc4)c(=O)n23)cc1. The van der Waals surface area contributed by atoms with Crippen molar-refractivity contribution >= 4 is 23.4 Å². The zero-order valence-corrected chi connectivity index (χ0v) is 34.9. The van der Waals surface area contributed by atoms with E-state index >= 15 is 4.79 Å². The molecular formula is C47H56N4O6S. The number of thioether (sulfide) groups is 1. The molecule has 1 amide bonds. The first kappa shape index (κ1) is 41.0. The van der Waals surface area contributed by atoms with Gasteiger partial charge in [0, 0.05) is 11.3 Å². The van der Waals surface area contributed by atoms with Crippen LogP contribution in [0, 0.1) is 0 Å². The fraction of sp³-hybridized carbons (Fsp3) is 0.426. The zero-order chi connectivity index (χ0) is 40.5. The lowest BCUT2D eigenvalue weighted by Crippen LogP contribution is -2.60. The maximum atomic E-state index is 15.6. The minimum Gasteiger partial charge on any atom is -0.494 e. The van der Waals surface area contributed by atoms with Gasteiger partial charge in [0.05, 0.1) is 25.5 Å². The van der Waals surface area contributed by atoms with Crippen LogP contribution in [0.2, 0.25) is 0 Å². The first-order valence-corrected chi connectivity index (χ1v) is 22.0. The zero-order valence-electron chi connectivity index (χ0n) is 34.1. The van der Waals surface area contributed by atoms with E-state index in [9.17, 15) is 9.59 Å². The van der Waals surface area contributed by atoms with Gasteiger partial charge in [0.25, 0.3) is 5.91 Å². The lowest BCUT2D eigenvalue weighted by molar-refractivity contribution is -0.124. The number of nitrogens with zero attached hydrogens (tertiary/aromatic N) is 4. The van der Waals surface area contributed by atoms with Gasteiger partial charge in [-0.2, -0.15) is 9.36 Å². The van der Waals surface area contributed by atoms with Gasteiger partial charge in [-0.3, -0.25) is 9.69 Å². The highest BCUT2D eigenvalue weighted by atomic mass is 32.2. The number of hydrogen-bond acceptors (Lipinski definition) is 7. The third-order valence-electron chi connectivity index (χ3n) is 11.0. The van der Waals surface area contributed by atoms with E-state index in [0.29, 0.717) is 59.6 Å². The summed E-state index contributed by atoms with van der Waals surface area (Å²) in [5, 5.41) is 0. The molecule has 2 aliphatic heterocycles. The Hall–Kier alpha value is -5.16. The molecule has 2 atom stereocenters. The lowest BCUT2D eigenvalue weighted by atomic mass is 10.0. The molecule has 2 aliphatic rings. The number of carbonyl (C=O) groups is 1. The standard InChI is InChI=1S/C47H56N4O6S/c1-4-7-10-16-33-55-40-27-21-36(22-28-40)46-43(52)49(39-25-31-42(32-26-39)57-35-18-12-9-6-3)47(58-46,37-23-29-41(30-24-37)56-34-17-11-8-5-2)51-45(54)48(44(53)50(46)51)38-19-14-13-15-20-38/h13-15,19-32H,4-12,16-18,33-35H2,1-3H3/t46-,47+/m1/s1. The Bertz CT molecular complexity index is 2230. The summed E-state index contributed by atoms with van der Waals surface area (Å²) in [4.78, 5) is 43.9. The minimum atomic E-state index is -1.64. The van der Waals surface area contributed by atoms with Crippen molar-refractivity contribution in [2.75, 3.05) is 24.7 Å². The topological polar surface area (TPSA) is 96.9 Å². The van der Waals surface area contributed by atoms with Gasteiger partial charge in [-0.25, -0.2) is 14.2 Å². The molecule has 10 nitrogen and oxygen atoms in total. The summed E-state index contributed by atoms with van der Waals surface area (Å²) < 4.78 is 22.3. The molecule has 5 aromatic rings. The highest BCUT2D eigenvalue weighted by Crippen LogP contribution is 2.64. The minimum absolute atomic E-state index is 0.345. The van der Waals surface area contributed by atoms with Gasteiger partial charge < -0.3 is 14.2 Å². The molecule has 0 spiro atoms. The average molecular weight is 805 g/mol. The van der Waals surface area contributed by atoms with Gasteiger partial charge in [-0.05, 0) is 85.5 Å². The molecule has 306 valence electrons. The molecule has 0 saturated carbocycles. The number of hydrogen-bond donors (Lipinski definition) is 0. The summed E-state index contributed by atoms with van der Waals surface area (Å²) in [7, 11) is 0. The van der Waals surface area contributed by atoms with E-state index in [4.69, 9.17) is 14.2 Å². The Labute approximate surface area is 345 Å². The molecule has 4 aromatic carbocycles. The summed E-state index contributed by atoms with van der Waals surface area (Å²) in [5.41, 5.74) is 1.03. The van der Waals surface area contributed by atoms with Gasteiger partial charge in [0.1, 0.15) is 17.2 Å². The maximum Gasteiger partial charge on any atom is 0.355 e. The van der Waals surface area contributed by atoms with Crippen LogP contribution >= 0.6 is 11.8 Å². The number of ether oxygens (including phenoxy) is 3. The molecule has 0 N–H and O–H groups in total. The van der Waals surface area contributed by atoms with Crippen LogP contribution in [0.4, 0.5) is 5.69 Å². The summed E-state index contributed by atoms with van der Waals surface area (Å²) in [5.74, 6) is 1.72. The first-order chi connectivity index (χ1) is 28.4. The number of amides is 1. The summed E-state index contributed by atoms with van der Waals surface area (Å²) in [6, 6.07) is 31.3. The number of rotatable bonds is 22. The van der Waals surface area contributed by atoms with E-state index in [0.717, 1.165) is 81.6 Å². The second-order valence-electron chi connectivity index (χ2n) is 15.1. The molecule has 11 heteroatoms. The van der Waals surface area contributed by atoms with Crippen LogP contribution in [0.5, 0.6) is 17.2 Å². The van der Waals surface area contributed by atoms with Crippen molar-refractivity contribution in [2.24, 2.45) is 0 Å². The van der Waals surface area contributed by atoms with Crippen molar-refractivity contribution in [3.05, 3.63) is 135 Å². The Morgan fingerprint density at radius 2 is 0.931 bits per heavy atom. The number of benzene rings is 4. The van der Waals surface area contributed by atoms with E-state index in [1.54, 1.807) is 29.2 Å². The molecule has 0 radical (unpaired) electrons. The van der Waals surface area contributed by atoms with Crippen LogP contribution in [0.1, 0.15) is 109 Å². The van der Waals surface area contributed by atoms with Crippen molar-refractivity contribution in [2.45, 2.75) is 108 Å². The van der Waals surface area contributed by atoms with Gasteiger partial charge >= 0.3 is 11.4 Å². The third kappa shape index (κ3) is 7.73. The van der Waals surface area contributed by atoms with Crippen molar-refractivity contribution in [3.63, 3.8) is 0 Å². The number of anilines is 1. The maximum absolute atomic E-state index is 15.6. The number of carbonyl (C=O) groups excluding carboxylic acids is 1. The predicted octanol–water partition coefficient (Wildman–Crippen LogP) is 9.83. The summed E-state index contributed by atoms with van der Waals surface area (Å²) in [6.45, 7) is 8.33. The highest BCUT2D eigenvalue weighted by Gasteiger charge is 2.73. The normalized spacial score (nSPS) is 18.1. The third-order valence-corrected chi connectivity index (χ3v) is 12.8. The number of aromatic nitrogens is 3. The second kappa shape index (κ2) is 18.6. The van der Waals surface area contributed by atoms with E-state index in [1.165, 1.54) is 21.1 Å². The first-order valence-electron chi connectivity index (χ1n) is 21.2. The Kier molecular flexibility index (Phi) is 13.2. The molecule has 1 saturated heterocycles. The molecule has 2 bridgehead atoms. The molecule has 0 unspecified atom stereocenters. The lowest BCUT2D eigenvalue weighted by Gasteiger charge is -2.39. The highest BCUT2D eigenvalue weighted by molar-refractivity contribution is 8.02. The van der Waals surface area contributed by atoms with Crippen LogP contribution < -0.4 is 30.5 Å². The Morgan fingerprint density at radius 3 is 1.41 bits per heavy atom. The van der Waals surface area contributed by atoms with Gasteiger partial charge in [0.2, 0.25) is 9.87 Å². The van der Waals surface area contributed by atoms with Crippen LogP contribution in [-0.2, 0) is 14.7 Å². The molecule has 1 fully saturated rings. The van der Waals surface area contributed by atoms with Crippen molar-refractivity contribution in [1.82, 2.24) is 13.9 Å². The molecule has 0 aliphatic carbocycles. The van der Waals surface area contributed by atoms with E-state index in [1.807, 2.05) is 78.9 Å². The fourth-order valence-electron chi connectivity index (χ4n) is 7.94. The van der Waals surface area contributed by atoms with Crippen LogP contribution in [0.3, 0.4) is 0 Å². The molecular weight excluding hydrogens is 749 g/mol. The number of unbranched alkanes of at least 4 members (excludes halogenated alkanes) is 9. The van der Waals surface area contributed by atoms with Crippen molar-refractivity contribution < 1.29 is 19.0 Å². The van der Waals surface area contributed by atoms with Crippen LogP contribution in [0.25, 0.3) is 5.69 Å². The van der Waals surface area contributed by atoms with Crippen molar-refractivity contribution in [1.29, 1.82) is 0 Å². The molecule has 7 rings (SSSR count). The monoisotopic (exact) mass is 804 g/mol. The molecule has 58 heavy (non-hydrogen) atoms. The average Bonchev–Trinajstić information content (AvgIpc) is 3.83. The predicted molar refractivity (Wildman–Crippen MR) is 232 cm³/mol. The van der Waals surface area contributed by atoms with Gasteiger partial charge in [0.15, 0.2) is 0 Å². The van der Waals surface area contributed by atoms with Gasteiger partial charge in [-0.15, -0.1) is 0 Å². The molecule has 3 heterocycles. The van der Waals surface area contributed by atoms with Crippen molar-refractivity contribution in [3.8, 4) is 22.9 Å². The second-order valence-corrected chi connectivity index (χ2v) is 16.5. The largest absolute Gasteiger partial charge is 0.494 e. The molecule has 1 aromatic heterocycles. The number of para-hydroxylation sites is 1. The van der Waals surface area contributed by atoms with E-state index in [2.05, 4.69) is 20.8 Å². The van der Waals surface area contributed by atoms with Crippen LogP contribution in [0.15, 0.2) is 113 Å². The fourth-order valence-corrected chi connectivity index (χ4v) is 9.81. The Balaban J connectivity index is 1.35. The summed E-state index contributed by atoms with van der Waals surface area (Å²) in [6.07, 6.45) is 13.1. The smallest absolute Gasteiger partial charge is 0.355 e. The van der Waals surface area contributed by atoms with Gasteiger partial charge in [-0.1, -0.05) is 133 Å². The van der Waals surface area contributed by atoms with E-state index < -0.39 is 21.2 Å². The van der Waals surface area contributed by atoms with Crippen LogP contribution in [-0.4, -0.2) is 39.7 Å².